The Morgan fingerprint density at radius 3 is 2.54 bits per heavy atom. The van der Waals surface area contributed by atoms with E-state index in [-0.39, 0.29) is 29.8 Å². The van der Waals surface area contributed by atoms with Crippen molar-refractivity contribution in [2.24, 2.45) is 0 Å². The van der Waals surface area contributed by atoms with Gasteiger partial charge in [-0.2, -0.15) is 0 Å². The van der Waals surface area contributed by atoms with Gasteiger partial charge in [-0.3, -0.25) is 14.9 Å². The summed E-state index contributed by atoms with van der Waals surface area (Å²) in [7, 11) is 0. The van der Waals surface area contributed by atoms with Gasteiger partial charge in [-0.05, 0) is 57.6 Å². The van der Waals surface area contributed by atoms with Crippen molar-refractivity contribution in [3.63, 3.8) is 0 Å². The second-order valence-electron chi connectivity index (χ2n) is 7.52. The third-order valence-electron chi connectivity index (χ3n) is 5.55. The SMILES string of the molecule is C[C@@H]1CCCCN1C(=O)COC(=O)c1ccc(N2CCCCC2)c([N+](=O)[O-])c1. The Morgan fingerprint density at radius 2 is 1.86 bits per heavy atom. The lowest BCUT2D eigenvalue weighted by Crippen LogP contribution is -2.44. The summed E-state index contributed by atoms with van der Waals surface area (Å²) in [5.41, 5.74) is 0.513. The molecule has 1 aromatic carbocycles. The molecule has 0 aromatic heterocycles. The highest BCUT2D eigenvalue weighted by molar-refractivity contribution is 5.93. The normalized spacial score (nSPS) is 20.0. The summed E-state index contributed by atoms with van der Waals surface area (Å²) in [6, 6.07) is 4.53. The van der Waals surface area contributed by atoms with Crippen LogP contribution < -0.4 is 4.90 Å². The number of anilines is 1. The van der Waals surface area contributed by atoms with Crippen molar-refractivity contribution in [3.8, 4) is 0 Å². The van der Waals surface area contributed by atoms with E-state index in [1.54, 1.807) is 11.0 Å². The number of amides is 1. The first-order chi connectivity index (χ1) is 13.5. The average molecular weight is 389 g/mol. The van der Waals surface area contributed by atoms with Crippen LogP contribution in [0.2, 0.25) is 0 Å². The van der Waals surface area contributed by atoms with Crippen LogP contribution in [0.4, 0.5) is 11.4 Å². The van der Waals surface area contributed by atoms with Crippen LogP contribution in [0.1, 0.15) is 55.8 Å². The molecule has 0 aliphatic carbocycles. The van der Waals surface area contributed by atoms with Gasteiger partial charge in [0.05, 0.1) is 10.5 Å². The average Bonchev–Trinajstić information content (AvgIpc) is 2.72. The summed E-state index contributed by atoms with van der Waals surface area (Å²) in [5.74, 6) is -0.939. The summed E-state index contributed by atoms with van der Waals surface area (Å²) in [4.78, 5) is 39.4. The Hall–Kier alpha value is -2.64. The molecule has 0 radical (unpaired) electrons. The molecule has 1 amide bonds. The number of ether oxygens (including phenoxy) is 1. The Balaban J connectivity index is 1.67. The molecule has 0 unspecified atom stereocenters. The molecule has 28 heavy (non-hydrogen) atoms. The number of esters is 1. The van der Waals surface area contributed by atoms with Crippen molar-refractivity contribution in [2.75, 3.05) is 31.1 Å². The van der Waals surface area contributed by atoms with Gasteiger partial charge in [0.2, 0.25) is 0 Å². The van der Waals surface area contributed by atoms with Crippen LogP contribution in [0.3, 0.4) is 0 Å². The lowest BCUT2D eigenvalue weighted by molar-refractivity contribution is -0.384. The van der Waals surface area contributed by atoms with E-state index in [9.17, 15) is 19.7 Å². The molecule has 2 heterocycles. The van der Waals surface area contributed by atoms with E-state index >= 15 is 0 Å². The predicted octanol–water partition coefficient (Wildman–Crippen LogP) is 3.14. The van der Waals surface area contributed by atoms with Crippen LogP contribution in [0.5, 0.6) is 0 Å². The smallest absolute Gasteiger partial charge is 0.338 e. The van der Waals surface area contributed by atoms with Crippen LogP contribution in [-0.2, 0) is 9.53 Å². The summed E-state index contributed by atoms with van der Waals surface area (Å²) in [6.07, 6.45) is 6.12. The molecule has 0 N–H and O–H groups in total. The summed E-state index contributed by atoms with van der Waals surface area (Å²) < 4.78 is 5.15. The van der Waals surface area contributed by atoms with Crippen molar-refractivity contribution in [1.82, 2.24) is 4.90 Å². The van der Waals surface area contributed by atoms with Crippen LogP contribution >= 0.6 is 0 Å². The van der Waals surface area contributed by atoms with E-state index in [1.165, 1.54) is 12.1 Å². The second-order valence-corrected chi connectivity index (χ2v) is 7.52. The molecule has 0 saturated carbocycles. The number of likely N-dealkylation sites (tertiary alicyclic amines) is 1. The van der Waals surface area contributed by atoms with Gasteiger partial charge in [0.1, 0.15) is 5.69 Å². The number of carbonyl (C=O) groups excluding carboxylic acids is 2. The molecule has 2 fully saturated rings. The standard InChI is InChI=1S/C20H27N3O5/c1-15-7-3-6-12-22(15)19(24)14-28-20(25)16-8-9-17(18(13-16)23(26)27)21-10-4-2-5-11-21/h8-9,13,15H,2-7,10-12,14H2,1H3/t15-/m1/s1. The van der Waals surface area contributed by atoms with Gasteiger partial charge < -0.3 is 14.5 Å². The van der Waals surface area contributed by atoms with Crippen molar-refractivity contribution >= 4 is 23.3 Å². The first-order valence-electron chi connectivity index (χ1n) is 9.97. The van der Waals surface area contributed by atoms with E-state index in [4.69, 9.17) is 4.74 Å². The Labute approximate surface area is 164 Å². The predicted molar refractivity (Wildman–Crippen MR) is 104 cm³/mol. The molecule has 8 nitrogen and oxygen atoms in total. The minimum Gasteiger partial charge on any atom is -0.452 e. The largest absolute Gasteiger partial charge is 0.452 e. The molecule has 152 valence electrons. The third-order valence-corrected chi connectivity index (χ3v) is 5.55. The number of nitro benzene ring substituents is 1. The minimum atomic E-state index is -0.716. The number of piperidine rings is 2. The minimum absolute atomic E-state index is 0.0898. The molecular weight excluding hydrogens is 362 g/mol. The van der Waals surface area contributed by atoms with E-state index in [1.807, 2.05) is 11.8 Å². The highest BCUT2D eigenvalue weighted by atomic mass is 16.6. The van der Waals surface area contributed by atoms with E-state index in [0.29, 0.717) is 12.2 Å². The molecule has 2 aliphatic rings. The zero-order chi connectivity index (χ0) is 20.1. The van der Waals surface area contributed by atoms with Crippen molar-refractivity contribution < 1.29 is 19.2 Å². The first kappa shape index (κ1) is 20.1. The Morgan fingerprint density at radius 1 is 1.14 bits per heavy atom. The maximum atomic E-state index is 12.3. The Kier molecular flexibility index (Phi) is 6.49. The van der Waals surface area contributed by atoms with Gasteiger partial charge in [-0.25, -0.2) is 4.79 Å². The number of benzene rings is 1. The summed E-state index contributed by atoms with van der Waals surface area (Å²) in [6.45, 7) is 3.86. The molecule has 8 heteroatoms. The fourth-order valence-corrected chi connectivity index (χ4v) is 3.96. The first-order valence-corrected chi connectivity index (χ1v) is 9.97. The maximum Gasteiger partial charge on any atom is 0.338 e. The number of rotatable bonds is 5. The number of nitro groups is 1. The van der Waals surface area contributed by atoms with Crippen LogP contribution in [0, 0.1) is 10.1 Å². The fourth-order valence-electron chi connectivity index (χ4n) is 3.96. The monoisotopic (exact) mass is 389 g/mol. The molecule has 1 atom stereocenters. The van der Waals surface area contributed by atoms with Crippen LogP contribution in [0.25, 0.3) is 0 Å². The van der Waals surface area contributed by atoms with E-state index in [2.05, 4.69) is 0 Å². The van der Waals surface area contributed by atoms with Gasteiger partial charge in [-0.15, -0.1) is 0 Å². The number of nitrogens with zero attached hydrogens (tertiary/aromatic N) is 3. The Bertz CT molecular complexity index is 745. The molecule has 1 aromatic rings. The molecule has 2 aliphatic heterocycles. The van der Waals surface area contributed by atoms with Gasteiger partial charge in [0, 0.05) is 31.7 Å². The highest BCUT2D eigenvalue weighted by Crippen LogP contribution is 2.31. The van der Waals surface area contributed by atoms with Gasteiger partial charge in [0.15, 0.2) is 6.61 Å². The third kappa shape index (κ3) is 4.61. The van der Waals surface area contributed by atoms with Crippen molar-refractivity contribution in [1.29, 1.82) is 0 Å². The highest BCUT2D eigenvalue weighted by Gasteiger charge is 2.26. The quantitative estimate of drug-likeness (QED) is 0.436. The fraction of sp³-hybridized carbons (Fsp3) is 0.600. The lowest BCUT2D eigenvalue weighted by Gasteiger charge is -2.33. The number of carbonyl (C=O) groups is 2. The topological polar surface area (TPSA) is 93.0 Å². The van der Waals surface area contributed by atoms with E-state index < -0.39 is 10.9 Å². The molecule has 3 rings (SSSR count). The summed E-state index contributed by atoms with van der Waals surface area (Å²) in [5, 5.41) is 11.5. The molecule has 0 bridgehead atoms. The second kappa shape index (κ2) is 9.03. The van der Waals surface area contributed by atoms with Gasteiger partial charge in [0.25, 0.3) is 11.6 Å². The van der Waals surface area contributed by atoms with Crippen molar-refractivity contribution in [3.05, 3.63) is 33.9 Å². The summed E-state index contributed by atoms with van der Waals surface area (Å²) >= 11 is 0. The van der Waals surface area contributed by atoms with Crippen LogP contribution in [0.15, 0.2) is 18.2 Å². The van der Waals surface area contributed by atoms with E-state index in [0.717, 1.165) is 51.6 Å². The van der Waals surface area contributed by atoms with Crippen molar-refractivity contribution in [2.45, 2.75) is 51.5 Å². The number of hydrogen-bond donors (Lipinski definition) is 0. The molecule has 2 saturated heterocycles. The van der Waals surface area contributed by atoms with Gasteiger partial charge in [-0.1, -0.05) is 0 Å². The lowest BCUT2D eigenvalue weighted by atomic mass is 10.0. The zero-order valence-corrected chi connectivity index (χ0v) is 16.3. The van der Waals surface area contributed by atoms with Crippen LogP contribution in [-0.4, -0.2) is 54.0 Å². The van der Waals surface area contributed by atoms with Gasteiger partial charge >= 0.3 is 5.97 Å². The maximum absolute atomic E-state index is 12.3. The number of hydrogen-bond acceptors (Lipinski definition) is 6. The molecule has 0 spiro atoms. The molecular formula is C20H27N3O5. The zero-order valence-electron chi connectivity index (χ0n) is 16.3.